The molecule has 0 aliphatic rings. The van der Waals surface area contributed by atoms with Gasteiger partial charge in [-0.25, -0.2) is 4.98 Å². The van der Waals surface area contributed by atoms with Gasteiger partial charge in [0.05, 0.1) is 12.3 Å². The molecule has 26 heavy (non-hydrogen) atoms. The molecule has 1 heterocycles. The Hall–Kier alpha value is -2.27. The van der Waals surface area contributed by atoms with E-state index < -0.39 is 0 Å². The highest BCUT2D eigenvalue weighted by Gasteiger charge is 2.09. The Morgan fingerprint density at radius 2 is 1.88 bits per heavy atom. The molecule has 0 aliphatic carbocycles. The van der Waals surface area contributed by atoms with Gasteiger partial charge in [0.15, 0.2) is 0 Å². The third-order valence-electron chi connectivity index (χ3n) is 3.61. The first-order valence-corrected chi connectivity index (χ1v) is 9.07. The van der Waals surface area contributed by atoms with Gasteiger partial charge in [-0.2, -0.15) is 0 Å². The number of aromatic nitrogens is 1. The number of pyridine rings is 1. The van der Waals surface area contributed by atoms with Crippen LogP contribution in [-0.2, 0) is 11.2 Å². The fourth-order valence-electron chi connectivity index (χ4n) is 2.46. The molecular weight excluding hydrogens is 352 g/mol. The maximum Gasteiger partial charge on any atom is 0.238 e. The van der Waals surface area contributed by atoms with E-state index in [1.807, 2.05) is 45.0 Å². The second kappa shape index (κ2) is 9.43. The maximum absolute atomic E-state index is 11.0. The number of hydrogen-bond acceptors (Lipinski definition) is 4. The summed E-state index contributed by atoms with van der Waals surface area (Å²) in [5.41, 5.74) is 1.18. The molecule has 2 rings (SSSR count). The molecule has 0 aliphatic heterocycles. The summed E-state index contributed by atoms with van der Waals surface area (Å²) in [7, 11) is 0. The van der Waals surface area contributed by atoms with Crippen LogP contribution in [0.2, 0.25) is 5.02 Å². The molecule has 0 bridgehead atoms. The van der Waals surface area contributed by atoms with Gasteiger partial charge in [0.2, 0.25) is 11.8 Å². The fraction of sp³-hybridized carbons (Fsp3) is 0.400. The summed E-state index contributed by atoms with van der Waals surface area (Å²) in [6.45, 7) is 7.41. The lowest BCUT2D eigenvalue weighted by atomic mass is 10.1. The molecule has 5 nitrogen and oxygen atoms in total. The molecule has 0 saturated heterocycles. The van der Waals surface area contributed by atoms with Crippen molar-refractivity contribution in [2.75, 3.05) is 0 Å². The Morgan fingerprint density at radius 1 is 1.19 bits per heavy atom. The van der Waals surface area contributed by atoms with Crippen LogP contribution in [0.1, 0.15) is 39.7 Å². The number of halogens is 1. The lowest BCUT2D eigenvalue weighted by molar-refractivity contribution is -0.119. The summed E-state index contributed by atoms with van der Waals surface area (Å²) in [6, 6.07) is 9.61. The summed E-state index contributed by atoms with van der Waals surface area (Å²) >= 11 is 6.22. The van der Waals surface area contributed by atoms with E-state index in [9.17, 15) is 4.79 Å². The van der Waals surface area contributed by atoms with Crippen molar-refractivity contribution in [3.63, 3.8) is 0 Å². The minimum atomic E-state index is -0.00422. The molecule has 1 amide bonds. The second-order valence-electron chi connectivity index (χ2n) is 6.51. The molecule has 0 fully saturated rings. The van der Waals surface area contributed by atoms with Gasteiger partial charge in [-0.3, -0.25) is 4.79 Å². The Bertz CT molecular complexity index is 732. The average molecular weight is 377 g/mol. The van der Waals surface area contributed by atoms with E-state index in [1.54, 1.807) is 12.3 Å². The van der Waals surface area contributed by atoms with Gasteiger partial charge in [-0.15, -0.1) is 0 Å². The number of hydrogen-bond donors (Lipinski definition) is 1. The van der Waals surface area contributed by atoms with Crippen LogP contribution in [0.3, 0.4) is 0 Å². The van der Waals surface area contributed by atoms with Gasteiger partial charge in [0, 0.05) is 19.0 Å². The third kappa shape index (κ3) is 6.56. The van der Waals surface area contributed by atoms with Crippen LogP contribution in [0.15, 0.2) is 36.5 Å². The van der Waals surface area contributed by atoms with E-state index in [4.69, 9.17) is 21.1 Å². The molecular formula is C20H25ClN2O3. The number of carbonyl (C=O) groups excluding carboxylic acids is 1. The summed E-state index contributed by atoms with van der Waals surface area (Å²) in [4.78, 5) is 15.2. The van der Waals surface area contributed by atoms with Crippen molar-refractivity contribution < 1.29 is 14.3 Å². The predicted molar refractivity (Wildman–Crippen MR) is 103 cm³/mol. The highest BCUT2D eigenvalue weighted by molar-refractivity contribution is 6.32. The Labute approximate surface area is 159 Å². The van der Waals surface area contributed by atoms with E-state index in [1.165, 1.54) is 12.5 Å². The zero-order chi connectivity index (χ0) is 19.1. The first kappa shape index (κ1) is 20.0. The van der Waals surface area contributed by atoms with Crippen LogP contribution in [0, 0.1) is 0 Å². The smallest absolute Gasteiger partial charge is 0.238 e. The zero-order valence-corrected chi connectivity index (χ0v) is 16.3. The standard InChI is InChI=1S/C20H25ClN2O3/c1-13(2)25-18-11-19(21)20(22-12-18)26-17-9-7-16(8-10-17)6-5-14(3)23-15(4)24/h7-14H,5-6H2,1-4H3,(H,23,24). The summed E-state index contributed by atoms with van der Waals surface area (Å²) in [5.74, 6) is 1.61. The Morgan fingerprint density at radius 3 is 2.46 bits per heavy atom. The Balaban J connectivity index is 1.93. The SMILES string of the molecule is CC(=O)NC(C)CCc1ccc(Oc2ncc(OC(C)C)cc2Cl)cc1. The predicted octanol–water partition coefficient (Wildman–Crippen LogP) is 4.77. The number of ether oxygens (including phenoxy) is 2. The molecule has 0 saturated carbocycles. The van der Waals surface area contributed by atoms with Crippen molar-refractivity contribution in [1.29, 1.82) is 0 Å². The van der Waals surface area contributed by atoms with Crippen molar-refractivity contribution >= 4 is 17.5 Å². The van der Waals surface area contributed by atoms with Crippen LogP contribution >= 0.6 is 11.6 Å². The highest BCUT2D eigenvalue weighted by Crippen LogP contribution is 2.30. The average Bonchev–Trinajstić information content (AvgIpc) is 2.55. The topological polar surface area (TPSA) is 60.5 Å². The van der Waals surface area contributed by atoms with Gasteiger partial charge < -0.3 is 14.8 Å². The van der Waals surface area contributed by atoms with Crippen LogP contribution in [0.4, 0.5) is 0 Å². The lowest BCUT2D eigenvalue weighted by Crippen LogP contribution is -2.30. The minimum absolute atomic E-state index is 0.00422. The number of benzene rings is 1. The minimum Gasteiger partial charge on any atom is -0.489 e. The second-order valence-corrected chi connectivity index (χ2v) is 6.92. The zero-order valence-electron chi connectivity index (χ0n) is 15.6. The number of aryl methyl sites for hydroxylation is 1. The largest absolute Gasteiger partial charge is 0.489 e. The molecule has 1 unspecified atom stereocenters. The lowest BCUT2D eigenvalue weighted by Gasteiger charge is -2.13. The monoisotopic (exact) mass is 376 g/mol. The number of carbonyl (C=O) groups is 1. The summed E-state index contributed by atoms with van der Waals surface area (Å²) < 4.78 is 11.3. The van der Waals surface area contributed by atoms with Crippen molar-refractivity contribution in [2.24, 2.45) is 0 Å². The van der Waals surface area contributed by atoms with Crippen molar-refractivity contribution in [3.8, 4) is 17.4 Å². The van der Waals surface area contributed by atoms with E-state index >= 15 is 0 Å². The third-order valence-corrected chi connectivity index (χ3v) is 3.88. The van der Waals surface area contributed by atoms with Gasteiger partial charge in [0.1, 0.15) is 16.5 Å². The van der Waals surface area contributed by atoms with Gasteiger partial charge in [-0.05, 0) is 51.3 Å². The van der Waals surface area contributed by atoms with E-state index in [-0.39, 0.29) is 18.1 Å². The number of amides is 1. The Kier molecular flexibility index (Phi) is 7.27. The molecule has 0 spiro atoms. The van der Waals surface area contributed by atoms with Gasteiger partial charge in [-0.1, -0.05) is 23.7 Å². The summed E-state index contributed by atoms with van der Waals surface area (Å²) in [5, 5.41) is 3.28. The quantitative estimate of drug-likeness (QED) is 0.720. The number of nitrogens with zero attached hydrogens (tertiary/aromatic N) is 1. The maximum atomic E-state index is 11.0. The molecule has 1 aromatic heterocycles. The van der Waals surface area contributed by atoms with Crippen LogP contribution in [-0.4, -0.2) is 23.0 Å². The van der Waals surface area contributed by atoms with E-state index in [2.05, 4.69) is 10.3 Å². The number of nitrogens with one attached hydrogen (secondary N) is 1. The van der Waals surface area contributed by atoms with Crippen molar-refractivity contribution in [3.05, 3.63) is 47.1 Å². The van der Waals surface area contributed by atoms with Gasteiger partial charge in [0.25, 0.3) is 0 Å². The van der Waals surface area contributed by atoms with Crippen molar-refractivity contribution in [2.45, 2.75) is 52.7 Å². The molecule has 2 aromatic rings. The molecule has 1 atom stereocenters. The van der Waals surface area contributed by atoms with Crippen LogP contribution in [0.5, 0.6) is 17.4 Å². The molecule has 6 heteroatoms. The van der Waals surface area contributed by atoms with Crippen LogP contribution < -0.4 is 14.8 Å². The first-order chi connectivity index (χ1) is 12.3. The van der Waals surface area contributed by atoms with Crippen LogP contribution in [0.25, 0.3) is 0 Å². The fourth-order valence-corrected chi connectivity index (χ4v) is 2.65. The van der Waals surface area contributed by atoms with E-state index in [0.717, 1.165) is 12.8 Å². The molecule has 1 N–H and O–H groups in total. The van der Waals surface area contributed by atoms with E-state index in [0.29, 0.717) is 22.4 Å². The summed E-state index contributed by atoms with van der Waals surface area (Å²) in [6.07, 6.45) is 3.41. The normalized spacial score (nSPS) is 11.9. The molecule has 1 aromatic carbocycles. The first-order valence-electron chi connectivity index (χ1n) is 8.69. The highest BCUT2D eigenvalue weighted by atomic mass is 35.5. The number of rotatable bonds is 8. The van der Waals surface area contributed by atoms with Crippen molar-refractivity contribution in [1.82, 2.24) is 10.3 Å². The molecule has 140 valence electrons. The molecule has 0 radical (unpaired) electrons. The van der Waals surface area contributed by atoms with Gasteiger partial charge >= 0.3 is 0 Å².